The Hall–Kier alpha value is -0.960. The number of benzene rings is 1. The number of hydrogen-bond donors (Lipinski definition) is 0. The van der Waals surface area contributed by atoms with Gasteiger partial charge in [-0.1, -0.05) is 31.5 Å². The lowest BCUT2D eigenvalue weighted by Gasteiger charge is -2.13. The highest BCUT2D eigenvalue weighted by Crippen LogP contribution is 2.28. The SMILES string of the molecule is Cc1ccc(SC(C)C)c(CC(=O)OC(C)C)c1. The predicted molar refractivity (Wildman–Crippen MR) is 77.1 cm³/mol. The zero-order valence-electron chi connectivity index (χ0n) is 11.8. The molecule has 2 nitrogen and oxygen atoms in total. The maximum absolute atomic E-state index is 11.7. The number of carbonyl (C=O) groups is 1. The number of rotatable bonds is 5. The van der Waals surface area contributed by atoms with E-state index in [2.05, 4.69) is 32.0 Å². The minimum Gasteiger partial charge on any atom is -0.463 e. The number of esters is 1. The Morgan fingerprint density at radius 2 is 1.94 bits per heavy atom. The molecule has 0 heterocycles. The van der Waals surface area contributed by atoms with E-state index in [1.165, 1.54) is 10.5 Å². The molecule has 0 saturated heterocycles. The summed E-state index contributed by atoms with van der Waals surface area (Å²) in [5, 5.41) is 0.507. The van der Waals surface area contributed by atoms with Gasteiger partial charge in [-0.2, -0.15) is 0 Å². The van der Waals surface area contributed by atoms with Crippen LogP contribution in [0.15, 0.2) is 23.1 Å². The number of hydrogen-bond acceptors (Lipinski definition) is 3. The first kappa shape index (κ1) is 15.1. The minimum absolute atomic E-state index is 0.0523. The van der Waals surface area contributed by atoms with Crippen molar-refractivity contribution in [2.75, 3.05) is 0 Å². The van der Waals surface area contributed by atoms with Crippen molar-refractivity contribution in [2.45, 2.75) is 57.3 Å². The average Bonchev–Trinajstić information content (AvgIpc) is 2.20. The van der Waals surface area contributed by atoms with E-state index in [0.717, 1.165) is 5.56 Å². The topological polar surface area (TPSA) is 26.3 Å². The molecule has 0 unspecified atom stereocenters. The number of aryl methyl sites for hydroxylation is 1. The molecule has 0 saturated carbocycles. The summed E-state index contributed by atoms with van der Waals surface area (Å²) in [6.07, 6.45) is 0.304. The fourth-order valence-electron chi connectivity index (χ4n) is 1.68. The molecule has 0 atom stereocenters. The van der Waals surface area contributed by atoms with Crippen LogP contribution in [0, 0.1) is 6.92 Å². The number of ether oxygens (including phenoxy) is 1. The van der Waals surface area contributed by atoms with E-state index in [9.17, 15) is 4.79 Å². The molecule has 0 fully saturated rings. The van der Waals surface area contributed by atoms with E-state index >= 15 is 0 Å². The van der Waals surface area contributed by atoms with Crippen LogP contribution >= 0.6 is 11.8 Å². The molecule has 0 aliphatic rings. The van der Waals surface area contributed by atoms with E-state index in [1.54, 1.807) is 11.8 Å². The van der Waals surface area contributed by atoms with E-state index < -0.39 is 0 Å². The summed E-state index contributed by atoms with van der Waals surface area (Å²) >= 11 is 1.79. The monoisotopic (exact) mass is 266 g/mol. The van der Waals surface area contributed by atoms with E-state index in [-0.39, 0.29) is 12.1 Å². The van der Waals surface area contributed by atoms with Crippen LogP contribution < -0.4 is 0 Å². The van der Waals surface area contributed by atoms with Crippen LogP contribution in [0.25, 0.3) is 0 Å². The summed E-state index contributed by atoms with van der Waals surface area (Å²) < 4.78 is 5.21. The highest BCUT2D eigenvalue weighted by molar-refractivity contribution is 8.00. The molecule has 3 heteroatoms. The molecule has 0 aliphatic heterocycles. The lowest BCUT2D eigenvalue weighted by atomic mass is 10.1. The van der Waals surface area contributed by atoms with Crippen molar-refractivity contribution in [2.24, 2.45) is 0 Å². The van der Waals surface area contributed by atoms with Gasteiger partial charge in [-0.15, -0.1) is 11.8 Å². The number of carbonyl (C=O) groups excluding carboxylic acids is 1. The van der Waals surface area contributed by atoms with Gasteiger partial charge in [0.2, 0.25) is 0 Å². The van der Waals surface area contributed by atoms with Crippen molar-refractivity contribution in [1.82, 2.24) is 0 Å². The molecule has 0 N–H and O–H groups in total. The minimum atomic E-state index is -0.152. The van der Waals surface area contributed by atoms with Crippen LogP contribution in [0.3, 0.4) is 0 Å². The first-order valence-corrected chi connectivity index (χ1v) is 7.22. The van der Waals surface area contributed by atoms with Crippen molar-refractivity contribution >= 4 is 17.7 Å². The predicted octanol–water partition coefficient (Wildman–Crippen LogP) is 3.99. The Labute approximate surface area is 114 Å². The normalized spacial score (nSPS) is 11.1. The van der Waals surface area contributed by atoms with Gasteiger partial charge in [-0.3, -0.25) is 4.79 Å². The third-order valence-electron chi connectivity index (χ3n) is 2.28. The summed E-state index contributed by atoms with van der Waals surface area (Å²) in [6, 6.07) is 6.26. The Bertz CT molecular complexity index is 411. The molecule has 0 amide bonds. The first-order chi connectivity index (χ1) is 8.38. The summed E-state index contributed by atoms with van der Waals surface area (Å²) in [7, 11) is 0. The largest absolute Gasteiger partial charge is 0.463 e. The maximum atomic E-state index is 11.7. The van der Waals surface area contributed by atoms with E-state index in [4.69, 9.17) is 4.74 Å². The maximum Gasteiger partial charge on any atom is 0.310 e. The van der Waals surface area contributed by atoms with Gasteiger partial charge >= 0.3 is 5.97 Å². The lowest BCUT2D eigenvalue weighted by Crippen LogP contribution is -2.14. The van der Waals surface area contributed by atoms with E-state index in [0.29, 0.717) is 11.7 Å². The van der Waals surface area contributed by atoms with Crippen molar-refractivity contribution < 1.29 is 9.53 Å². The molecule has 100 valence electrons. The first-order valence-electron chi connectivity index (χ1n) is 6.34. The van der Waals surface area contributed by atoms with Gasteiger partial charge in [-0.25, -0.2) is 0 Å². The molecule has 0 aliphatic carbocycles. The summed E-state index contributed by atoms with van der Waals surface area (Å²) in [6.45, 7) is 10.1. The second kappa shape index (κ2) is 6.83. The standard InChI is InChI=1S/C15H22O2S/c1-10(2)17-15(16)9-13-8-12(5)6-7-14(13)18-11(3)4/h6-8,10-11H,9H2,1-5H3. The third-order valence-corrected chi connectivity index (χ3v) is 3.40. The Balaban J connectivity index is 2.84. The van der Waals surface area contributed by atoms with Gasteiger partial charge in [0.15, 0.2) is 0 Å². The molecule has 18 heavy (non-hydrogen) atoms. The number of thioether (sulfide) groups is 1. The quantitative estimate of drug-likeness (QED) is 0.595. The van der Waals surface area contributed by atoms with Crippen molar-refractivity contribution in [1.29, 1.82) is 0 Å². The fraction of sp³-hybridized carbons (Fsp3) is 0.533. The van der Waals surface area contributed by atoms with Gasteiger partial charge in [0, 0.05) is 10.1 Å². The second-order valence-electron chi connectivity index (χ2n) is 4.99. The Kier molecular flexibility index (Phi) is 5.73. The fourth-order valence-corrected chi connectivity index (χ4v) is 2.61. The highest BCUT2D eigenvalue weighted by atomic mass is 32.2. The van der Waals surface area contributed by atoms with E-state index in [1.807, 2.05) is 20.8 Å². The van der Waals surface area contributed by atoms with Gasteiger partial charge in [-0.05, 0) is 32.4 Å². The van der Waals surface area contributed by atoms with Gasteiger partial charge in [0.25, 0.3) is 0 Å². The van der Waals surface area contributed by atoms with Gasteiger partial charge in [0.05, 0.1) is 12.5 Å². The summed E-state index contributed by atoms with van der Waals surface area (Å²) in [5.41, 5.74) is 2.25. The van der Waals surface area contributed by atoms with Crippen LogP contribution in [0.1, 0.15) is 38.8 Å². The molecule has 1 aromatic rings. The zero-order chi connectivity index (χ0) is 13.7. The molecule has 0 radical (unpaired) electrons. The zero-order valence-corrected chi connectivity index (χ0v) is 12.6. The third kappa shape index (κ3) is 5.13. The Morgan fingerprint density at radius 3 is 2.50 bits per heavy atom. The molecule has 1 aromatic carbocycles. The van der Waals surface area contributed by atoms with Crippen LogP contribution in [0.5, 0.6) is 0 Å². The van der Waals surface area contributed by atoms with Crippen molar-refractivity contribution in [3.8, 4) is 0 Å². The molecular formula is C15H22O2S. The van der Waals surface area contributed by atoms with Crippen LogP contribution in [-0.2, 0) is 16.0 Å². The molecular weight excluding hydrogens is 244 g/mol. The summed E-state index contributed by atoms with van der Waals surface area (Å²) in [5.74, 6) is -0.152. The van der Waals surface area contributed by atoms with Gasteiger partial charge in [0.1, 0.15) is 0 Å². The van der Waals surface area contributed by atoms with Crippen LogP contribution in [-0.4, -0.2) is 17.3 Å². The molecule has 1 rings (SSSR count). The smallest absolute Gasteiger partial charge is 0.310 e. The summed E-state index contributed by atoms with van der Waals surface area (Å²) in [4.78, 5) is 12.9. The van der Waals surface area contributed by atoms with Crippen molar-refractivity contribution in [3.63, 3.8) is 0 Å². The lowest BCUT2D eigenvalue weighted by molar-refractivity contribution is -0.146. The van der Waals surface area contributed by atoms with Crippen molar-refractivity contribution in [3.05, 3.63) is 29.3 Å². The van der Waals surface area contributed by atoms with Gasteiger partial charge < -0.3 is 4.74 Å². The average molecular weight is 266 g/mol. The molecule has 0 bridgehead atoms. The highest BCUT2D eigenvalue weighted by Gasteiger charge is 2.12. The second-order valence-corrected chi connectivity index (χ2v) is 6.61. The van der Waals surface area contributed by atoms with Crippen LogP contribution in [0.4, 0.5) is 0 Å². The molecule has 0 spiro atoms. The van der Waals surface area contributed by atoms with Crippen LogP contribution in [0.2, 0.25) is 0 Å². The molecule has 0 aromatic heterocycles. The Morgan fingerprint density at radius 1 is 1.28 bits per heavy atom.